The molecule has 184 valence electrons. The van der Waals surface area contributed by atoms with Crippen LogP contribution in [0.25, 0.3) is 11.3 Å². The molecule has 4 heterocycles. The zero-order valence-corrected chi connectivity index (χ0v) is 21.2. The number of hydrogen-bond acceptors (Lipinski definition) is 6. The van der Waals surface area contributed by atoms with E-state index < -0.39 is 27.3 Å². The number of carbonyl (C=O) groups excluding carboxylic acids is 2. The number of hydrogen-bond donors (Lipinski definition) is 5. The summed E-state index contributed by atoms with van der Waals surface area (Å²) in [6, 6.07) is 6.48. The predicted molar refractivity (Wildman–Crippen MR) is 126 cm³/mol. The van der Waals surface area contributed by atoms with Gasteiger partial charge < -0.3 is 0 Å². The number of benzene rings is 1. The maximum absolute atomic E-state index is 14.5. The number of aromatic amines is 1. The zero-order chi connectivity index (χ0) is 24.4. The second-order valence-corrected chi connectivity index (χ2v) is 10.9. The molecule has 0 aliphatic carbocycles. The van der Waals surface area contributed by atoms with Gasteiger partial charge in [-0.1, -0.05) is 0 Å². The van der Waals surface area contributed by atoms with Crippen molar-refractivity contribution in [3.63, 3.8) is 0 Å². The Kier molecular flexibility index (Phi) is 6.75. The molecule has 2 amide bonds. The first-order chi connectivity index (χ1) is 17.1. The fourth-order valence-electron chi connectivity index (χ4n) is 4.29. The zero-order valence-electron chi connectivity index (χ0n) is 19.0. The van der Waals surface area contributed by atoms with Crippen molar-refractivity contribution in [3.05, 3.63) is 53.7 Å². The van der Waals surface area contributed by atoms with Crippen LogP contribution in [0, 0.1) is 5.82 Å². The number of aromatic nitrogens is 2. The van der Waals surface area contributed by atoms with Crippen molar-refractivity contribution < 1.29 is 40.2 Å². The molecule has 2 bridgehead atoms. The van der Waals surface area contributed by atoms with Gasteiger partial charge in [-0.05, 0) is 0 Å². The molecule has 1 aromatic carbocycles. The van der Waals surface area contributed by atoms with E-state index in [4.69, 9.17) is 4.74 Å². The van der Waals surface area contributed by atoms with E-state index >= 15 is 0 Å². The van der Waals surface area contributed by atoms with Crippen LogP contribution in [0.5, 0.6) is 5.75 Å². The number of amides is 2. The van der Waals surface area contributed by atoms with E-state index in [1.807, 2.05) is 6.07 Å². The quantitative estimate of drug-likeness (QED) is 0.172. The number of rotatable bonds is 3. The summed E-state index contributed by atoms with van der Waals surface area (Å²) in [4.78, 5) is 33.3. The number of alkyl halides is 1. The Hall–Kier alpha value is -3.35. The molecule has 0 saturated heterocycles. The summed E-state index contributed by atoms with van der Waals surface area (Å²) >= 11 is -0.784. The Labute approximate surface area is 212 Å². The number of methoxy groups -OCH3 is 1. The van der Waals surface area contributed by atoms with Gasteiger partial charge in [-0.3, -0.25) is 0 Å². The number of halogens is 2. The Balaban J connectivity index is 1.70. The van der Waals surface area contributed by atoms with Gasteiger partial charge in [-0.2, -0.15) is 0 Å². The first-order valence-electron chi connectivity index (χ1n) is 11.3. The predicted octanol–water partition coefficient (Wildman–Crippen LogP) is 0.469. The van der Waals surface area contributed by atoms with E-state index in [2.05, 4.69) is 29.4 Å². The van der Waals surface area contributed by atoms with E-state index in [1.54, 1.807) is 24.5 Å². The number of nitrogens with one attached hydrogen (secondary N) is 5. The summed E-state index contributed by atoms with van der Waals surface area (Å²) in [5, 5.41) is 9.64. The molecule has 0 spiro atoms. The normalized spacial score (nSPS) is 18.1. The van der Waals surface area contributed by atoms with E-state index in [9.17, 15) is 14.0 Å². The average molecular weight is 591 g/mol. The van der Waals surface area contributed by atoms with E-state index in [1.165, 1.54) is 13.2 Å². The van der Waals surface area contributed by atoms with Gasteiger partial charge in [0.05, 0.1) is 0 Å². The Bertz CT molecular complexity index is 1280. The summed E-state index contributed by atoms with van der Waals surface area (Å²) in [7, 11) is 1.40. The second kappa shape index (κ2) is 10.1. The second-order valence-electron chi connectivity index (χ2n) is 8.22. The molecule has 1 atom stereocenters. The first-order valence-corrected chi connectivity index (χ1v) is 13.6. The molecule has 0 radical (unpaired) electrons. The molecule has 2 aliphatic heterocycles. The summed E-state index contributed by atoms with van der Waals surface area (Å²) in [6.07, 6.45) is 5.51. The molecule has 5 rings (SSSR count). The van der Waals surface area contributed by atoms with Crippen molar-refractivity contribution in [2.75, 3.05) is 30.8 Å². The number of anilines is 3. The number of ether oxygens (including phenoxy) is 1. The van der Waals surface area contributed by atoms with Gasteiger partial charge in [0.15, 0.2) is 0 Å². The van der Waals surface area contributed by atoms with Crippen LogP contribution in [0.4, 0.5) is 21.5 Å². The van der Waals surface area contributed by atoms with Crippen molar-refractivity contribution in [3.8, 4) is 17.0 Å². The van der Waals surface area contributed by atoms with Crippen LogP contribution in [-0.4, -0.2) is 42.0 Å². The summed E-state index contributed by atoms with van der Waals surface area (Å²) in [5.41, 5.74) is 4.44. The first kappa shape index (κ1) is 23.4. The van der Waals surface area contributed by atoms with Crippen LogP contribution in [-0.2, 0) is 4.79 Å². The number of fused-ring (bicyclic) bond motifs is 3. The molecular weight excluding hydrogens is 566 g/mol. The fraction of sp³-hybridized carbons (Fsp3) is 0.292. The van der Waals surface area contributed by atoms with Crippen LogP contribution >= 0.6 is 0 Å². The van der Waals surface area contributed by atoms with E-state index in [0.717, 1.165) is 29.8 Å². The number of para-hydroxylation sites is 1. The summed E-state index contributed by atoms with van der Waals surface area (Å²) in [5.74, 6) is -0.659. The number of nitrogens with zero attached hydrogens (tertiary/aromatic N) is 1. The third-order valence-corrected chi connectivity index (χ3v) is 8.70. The van der Waals surface area contributed by atoms with Gasteiger partial charge in [-0.15, -0.1) is 0 Å². The summed E-state index contributed by atoms with van der Waals surface area (Å²) < 4.78 is 22.8. The minimum absolute atomic E-state index is 0.0324. The van der Waals surface area contributed by atoms with Crippen molar-refractivity contribution in [1.82, 2.24) is 18.8 Å². The molecule has 2 aliphatic rings. The van der Waals surface area contributed by atoms with Gasteiger partial charge in [-0.25, -0.2) is 0 Å². The molecule has 5 N–H and O–H groups in total. The van der Waals surface area contributed by atoms with E-state index in [0.29, 0.717) is 42.1 Å². The molecule has 9 nitrogen and oxygen atoms in total. The maximum atomic E-state index is 14.5. The average Bonchev–Trinajstić information content (AvgIpc) is 3.23. The number of carbonyl (C=O) groups is 2. The Morgan fingerprint density at radius 1 is 1.20 bits per heavy atom. The monoisotopic (exact) mass is 591 g/mol. The molecule has 11 heteroatoms. The van der Waals surface area contributed by atoms with Crippen LogP contribution in [0.2, 0.25) is 0 Å². The number of H-pyrrole nitrogens is 1. The molecular formula is C24H25FIN6O3-. The third-order valence-electron chi connectivity index (χ3n) is 5.97. The van der Waals surface area contributed by atoms with Gasteiger partial charge >= 0.3 is 213 Å². The topological polar surface area (TPSA) is 120 Å². The Morgan fingerprint density at radius 2 is 2.09 bits per heavy atom. The van der Waals surface area contributed by atoms with Crippen molar-refractivity contribution in [2.45, 2.75) is 23.2 Å². The van der Waals surface area contributed by atoms with Gasteiger partial charge in [0.25, 0.3) is 0 Å². The summed E-state index contributed by atoms with van der Waals surface area (Å²) in [6.45, 7) is 1.11. The van der Waals surface area contributed by atoms with Crippen LogP contribution in [0.1, 0.15) is 39.2 Å². The van der Waals surface area contributed by atoms with Crippen molar-refractivity contribution in [2.24, 2.45) is 0 Å². The minimum atomic E-state index is -0.784. The van der Waals surface area contributed by atoms with Gasteiger partial charge in [0, 0.05) is 0 Å². The van der Waals surface area contributed by atoms with Crippen molar-refractivity contribution in [1.29, 1.82) is 0 Å². The van der Waals surface area contributed by atoms with Crippen molar-refractivity contribution >= 4 is 28.9 Å². The Morgan fingerprint density at radius 3 is 2.94 bits per heavy atom. The van der Waals surface area contributed by atoms with E-state index in [-0.39, 0.29) is 21.5 Å². The molecule has 2 aromatic heterocycles. The SMILES string of the molecule is COc1c(F)cccc1Nc1c2[nH]c3c1C(=O)NCC3[I-]NC(=O)CCCCNc1cnccc1-2. The van der Waals surface area contributed by atoms with Crippen LogP contribution in [0.15, 0.2) is 36.7 Å². The standard InChI is InChI=1S/C24H25FIN6O3/c1-35-23-14(25)5-4-6-16(23)30-22-19-21-15(11-29-24(19)34)26-32-18(33)7-2-3-9-28-17-12-27-10-8-13(17)20(22)31-21/h4-6,8,10,12,15,28,30-31H,2-3,7,9,11H2,1H3,(H,29,34)(H,32,33)/q-1. The molecule has 3 aromatic rings. The van der Waals surface area contributed by atoms with Gasteiger partial charge in [0.1, 0.15) is 0 Å². The fourth-order valence-corrected chi connectivity index (χ4v) is 6.51. The molecule has 1 unspecified atom stereocenters. The third kappa shape index (κ3) is 4.64. The molecule has 0 saturated carbocycles. The van der Waals surface area contributed by atoms with Crippen LogP contribution < -0.4 is 45.7 Å². The van der Waals surface area contributed by atoms with Gasteiger partial charge in [0.2, 0.25) is 0 Å². The van der Waals surface area contributed by atoms with Crippen LogP contribution in [0.3, 0.4) is 0 Å². The molecule has 0 fully saturated rings. The number of pyridine rings is 1. The molecule has 35 heavy (non-hydrogen) atoms.